The van der Waals surface area contributed by atoms with Crippen molar-refractivity contribution in [1.29, 1.82) is 0 Å². The third kappa shape index (κ3) is 2.51. The van der Waals surface area contributed by atoms with Crippen molar-refractivity contribution in [2.45, 2.75) is 25.4 Å². The molecule has 0 aliphatic carbocycles. The topological polar surface area (TPSA) is 90.0 Å². The van der Waals surface area contributed by atoms with Gasteiger partial charge in [-0.1, -0.05) is 0 Å². The van der Waals surface area contributed by atoms with Crippen LogP contribution in [0, 0.1) is 13.8 Å². The van der Waals surface area contributed by atoms with E-state index in [0.29, 0.717) is 16.8 Å². The Hall–Kier alpha value is -2.19. The Balaban J connectivity index is 2.05. The molecule has 0 amide bonds. The molecule has 0 unspecified atom stereocenters. The molecular weight excluding hydrogens is 304 g/mol. The number of aryl methyl sites for hydroxylation is 3. The molecule has 116 valence electrons. The molecule has 3 aromatic rings. The van der Waals surface area contributed by atoms with E-state index in [4.69, 9.17) is 4.42 Å². The first kappa shape index (κ1) is 14.7. The molecule has 0 spiro atoms. The van der Waals surface area contributed by atoms with Crippen molar-refractivity contribution in [3.05, 3.63) is 41.5 Å². The third-order valence-electron chi connectivity index (χ3n) is 3.36. The fraction of sp³-hybridized carbons (Fsp3) is 0.286. The zero-order chi connectivity index (χ0) is 15.9. The van der Waals surface area contributed by atoms with Gasteiger partial charge in [0.25, 0.3) is 10.0 Å². The van der Waals surface area contributed by atoms with E-state index in [-0.39, 0.29) is 11.6 Å². The van der Waals surface area contributed by atoms with E-state index in [0.717, 1.165) is 11.3 Å². The molecule has 0 saturated heterocycles. The highest BCUT2D eigenvalue weighted by Crippen LogP contribution is 2.24. The molecule has 3 rings (SSSR count). The Labute approximate surface area is 128 Å². The van der Waals surface area contributed by atoms with Crippen LogP contribution in [0.15, 0.2) is 33.9 Å². The van der Waals surface area contributed by atoms with Gasteiger partial charge in [-0.15, -0.1) is 0 Å². The van der Waals surface area contributed by atoms with E-state index in [1.807, 2.05) is 19.9 Å². The largest absolute Gasteiger partial charge is 0.468 e. The lowest BCUT2D eigenvalue weighted by atomic mass is 10.2. The van der Waals surface area contributed by atoms with Crippen LogP contribution < -0.4 is 4.72 Å². The van der Waals surface area contributed by atoms with Gasteiger partial charge >= 0.3 is 0 Å². The van der Waals surface area contributed by atoms with Crippen LogP contribution >= 0.6 is 0 Å². The SMILES string of the molecule is Cc1cc(C)c2c(S(=O)(=O)NCc3ccco3)nn(C)c2n1. The van der Waals surface area contributed by atoms with Crippen LogP contribution in [0.5, 0.6) is 0 Å². The van der Waals surface area contributed by atoms with Crippen LogP contribution in [0.4, 0.5) is 0 Å². The second kappa shape index (κ2) is 5.22. The van der Waals surface area contributed by atoms with Crippen LogP contribution in [-0.2, 0) is 23.6 Å². The lowest BCUT2D eigenvalue weighted by Crippen LogP contribution is -2.24. The average Bonchev–Trinajstić information content (AvgIpc) is 3.06. The molecule has 0 radical (unpaired) electrons. The molecule has 3 aromatic heterocycles. The fourth-order valence-electron chi connectivity index (χ4n) is 2.38. The summed E-state index contributed by atoms with van der Waals surface area (Å²) in [6, 6.07) is 5.25. The predicted molar refractivity (Wildman–Crippen MR) is 80.7 cm³/mol. The summed E-state index contributed by atoms with van der Waals surface area (Å²) >= 11 is 0. The number of rotatable bonds is 4. The van der Waals surface area contributed by atoms with Gasteiger partial charge in [-0.25, -0.2) is 22.8 Å². The number of pyridine rings is 1. The Kier molecular flexibility index (Phi) is 3.50. The van der Waals surface area contributed by atoms with Gasteiger partial charge in [-0.2, -0.15) is 5.10 Å². The Morgan fingerprint density at radius 2 is 2.14 bits per heavy atom. The van der Waals surface area contributed by atoms with Gasteiger partial charge in [0.2, 0.25) is 5.03 Å². The number of hydrogen-bond acceptors (Lipinski definition) is 5. The highest BCUT2D eigenvalue weighted by atomic mass is 32.2. The lowest BCUT2D eigenvalue weighted by Gasteiger charge is -2.04. The number of fused-ring (bicyclic) bond motifs is 1. The molecule has 0 aliphatic rings. The zero-order valence-corrected chi connectivity index (χ0v) is 13.3. The molecule has 0 atom stereocenters. The number of furan rings is 1. The van der Waals surface area contributed by atoms with Crippen LogP contribution in [-0.4, -0.2) is 23.2 Å². The van der Waals surface area contributed by atoms with Gasteiger partial charge in [0.1, 0.15) is 5.76 Å². The smallest absolute Gasteiger partial charge is 0.261 e. The summed E-state index contributed by atoms with van der Waals surface area (Å²) in [5.41, 5.74) is 2.20. The third-order valence-corrected chi connectivity index (χ3v) is 4.68. The first-order valence-electron chi connectivity index (χ1n) is 6.71. The van der Waals surface area contributed by atoms with Crippen molar-refractivity contribution >= 4 is 21.1 Å². The molecule has 3 heterocycles. The van der Waals surface area contributed by atoms with Gasteiger partial charge in [0, 0.05) is 12.7 Å². The highest BCUT2D eigenvalue weighted by molar-refractivity contribution is 7.89. The molecule has 7 nitrogen and oxygen atoms in total. The molecule has 0 aromatic carbocycles. The number of nitrogens with one attached hydrogen (secondary N) is 1. The summed E-state index contributed by atoms with van der Waals surface area (Å²) in [5, 5.41) is 4.67. The van der Waals surface area contributed by atoms with E-state index in [1.165, 1.54) is 10.9 Å². The molecular formula is C14H16N4O3S. The summed E-state index contributed by atoms with van der Waals surface area (Å²) in [6.45, 7) is 3.79. The summed E-state index contributed by atoms with van der Waals surface area (Å²) < 4.78 is 34.2. The minimum Gasteiger partial charge on any atom is -0.468 e. The monoisotopic (exact) mass is 320 g/mol. The average molecular weight is 320 g/mol. The van der Waals surface area contributed by atoms with E-state index in [9.17, 15) is 8.42 Å². The fourth-order valence-corrected chi connectivity index (χ4v) is 3.60. The molecule has 1 N–H and O–H groups in total. The Morgan fingerprint density at radius 1 is 1.36 bits per heavy atom. The normalized spacial score (nSPS) is 12.1. The maximum Gasteiger partial charge on any atom is 0.261 e. The van der Waals surface area contributed by atoms with E-state index >= 15 is 0 Å². The summed E-state index contributed by atoms with van der Waals surface area (Å²) in [4.78, 5) is 4.37. The maximum absolute atomic E-state index is 12.5. The van der Waals surface area contributed by atoms with Crippen LogP contribution in [0.3, 0.4) is 0 Å². The van der Waals surface area contributed by atoms with Gasteiger partial charge < -0.3 is 4.42 Å². The summed E-state index contributed by atoms with van der Waals surface area (Å²) in [7, 11) is -2.08. The van der Waals surface area contributed by atoms with Crippen molar-refractivity contribution in [2.24, 2.45) is 7.05 Å². The standard InChI is InChI=1S/C14H16N4O3S/c1-9-7-10(2)16-13-12(9)14(17-18(13)3)22(19,20)15-8-11-5-4-6-21-11/h4-7,15H,8H2,1-3H3. The minimum atomic E-state index is -3.76. The highest BCUT2D eigenvalue weighted by Gasteiger charge is 2.24. The van der Waals surface area contributed by atoms with E-state index in [1.54, 1.807) is 19.2 Å². The second-order valence-corrected chi connectivity index (χ2v) is 6.79. The van der Waals surface area contributed by atoms with Gasteiger partial charge in [-0.05, 0) is 37.6 Å². The minimum absolute atomic E-state index is 0.0124. The van der Waals surface area contributed by atoms with Crippen LogP contribution in [0.2, 0.25) is 0 Å². The van der Waals surface area contributed by atoms with E-state index in [2.05, 4.69) is 14.8 Å². The predicted octanol–water partition coefficient (Wildman–Crippen LogP) is 1.66. The second-order valence-electron chi connectivity index (χ2n) is 5.11. The Bertz CT molecular complexity index is 927. The number of sulfonamides is 1. The number of nitrogens with zero attached hydrogens (tertiary/aromatic N) is 3. The number of aromatic nitrogens is 3. The van der Waals surface area contributed by atoms with Gasteiger partial charge in [0.15, 0.2) is 5.65 Å². The lowest BCUT2D eigenvalue weighted by molar-refractivity contribution is 0.498. The van der Waals surface area contributed by atoms with Crippen LogP contribution in [0.25, 0.3) is 11.0 Å². The van der Waals surface area contributed by atoms with Crippen molar-refractivity contribution < 1.29 is 12.8 Å². The maximum atomic E-state index is 12.5. The zero-order valence-electron chi connectivity index (χ0n) is 12.5. The molecule has 0 fully saturated rings. The first-order chi connectivity index (χ1) is 10.4. The first-order valence-corrected chi connectivity index (χ1v) is 8.20. The van der Waals surface area contributed by atoms with E-state index < -0.39 is 10.0 Å². The quantitative estimate of drug-likeness (QED) is 0.789. The molecule has 0 saturated carbocycles. The molecule has 0 bridgehead atoms. The Morgan fingerprint density at radius 3 is 2.82 bits per heavy atom. The van der Waals surface area contributed by atoms with Gasteiger partial charge in [0.05, 0.1) is 18.2 Å². The number of hydrogen-bond donors (Lipinski definition) is 1. The van der Waals surface area contributed by atoms with Crippen molar-refractivity contribution in [3.8, 4) is 0 Å². The van der Waals surface area contributed by atoms with Crippen molar-refractivity contribution in [3.63, 3.8) is 0 Å². The van der Waals surface area contributed by atoms with Crippen molar-refractivity contribution in [1.82, 2.24) is 19.5 Å². The summed E-state index contributed by atoms with van der Waals surface area (Å²) in [6.07, 6.45) is 1.50. The molecule has 0 aliphatic heterocycles. The summed E-state index contributed by atoms with van der Waals surface area (Å²) in [5.74, 6) is 0.537. The van der Waals surface area contributed by atoms with Crippen molar-refractivity contribution in [2.75, 3.05) is 0 Å². The van der Waals surface area contributed by atoms with Crippen LogP contribution in [0.1, 0.15) is 17.0 Å². The van der Waals surface area contributed by atoms with Gasteiger partial charge in [-0.3, -0.25) is 0 Å². The molecule has 8 heteroatoms. The molecule has 22 heavy (non-hydrogen) atoms.